The number of rotatable bonds is 6. The summed E-state index contributed by atoms with van der Waals surface area (Å²) in [6, 6.07) is 13.4. The topological polar surface area (TPSA) is 48.0 Å². The average Bonchev–Trinajstić information content (AvgIpc) is 2.95. The van der Waals surface area contributed by atoms with E-state index in [1.54, 1.807) is 38.4 Å². The molecule has 1 saturated heterocycles. The van der Waals surface area contributed by atoms with Gasteiger partial charge in [0.05, 0.1) is 32.8 Å². The molecule has 27 heavy (non-hydrogen) atoms. The van der Waals surface area contributed by atoms with Crippen molar-refractivity contribution in [2.75, 3.05) is 21.3 Å². The average molecular weight is 402 g/mol. The molecule has 5 nitrogen and oxygen atoms in total. The van der Waals surface area contributed by atoms with Gasteiger partial charge in [0.2, 0.25) is 5.75 Å². The smallest absolute Gasteiger partial charge is 0.266 e. The minimum absolute atomic E-state index is 0.120. The van der Waals surface area contributed by atoms with Crippen molar-refractivity contribution in [3.05, 3.63) is 58.5 Å². The Morgan fingerprint density at radius 3 is 2.33 bits per heavy atom. The lowest BCUT2D eigenvalue weighted by atomic mass is 10.1. The largest absolute Gasteiger partial charge is 0.493 e. The highest BCUT2D eigenvalue weighted by atomic mass is 32.2. The van der Waals surface area contributed by atoms with Crippen molar-refractivity contribution in [3.8, 4) is 17.2 Å². The van der Waals surface area contributed by atoms with E-state index in [9.17, 15) is 4.79 Å². The Morgan fingerprint density at radius 1 is 1.00 bits per heavy atom. The summed E-state index contributed by atoms with van der Waals surface area (Å²) in [4.78, 5) is 15.0. The van der Waals surface area contributed by atoms with Crippen molar-refractivity contribution in [1.82, 2.24) is 4.90 Å². The predicted molar refractivity (Wildman–Crippen MR) is 111 cm³/mol. The molecule has 0 saturated carbocycles. The molecule has 140 valence electrons. The molecule has 1 aliphatic rings. The van der Waals surface area contributed by atoms with Crippen molar-refractivity contribution in [2.45, 2.75) is 6.54 Å². The molecule has 7 heteroatoms. The van der Waals surface area contributed by atoms with Crippen LogP contribution in [0.5, 0.6) is 17.2 Å². The van der Waals surface area contributed by atoms with Gasteiger partial charge in [0, 0.05) is 5.56 Å². The molecule has 0 atom stereocenters. The Morgan fingerprint density at radius 2 is 1.70 bits per heavy atom. The lowest BCUT2D eigenvalue weighted by Gasteiger charge is -2.15. The van der Waals surface area contributed by atoms with E-state index in [4.69, 9.17) is 26.4 Å². The fourth-order valence-electron chi connectivity index (χ4n) is 2.78. The van der Waals surface area contributed by atoms with Crippen molar-refractivity contribution in [2.24, 2.45) is 0 Å². The Balaban J connectivity index is 1.92. The second-order valence-corrected chi connectivity index (χ2v) is 7.35. The van der Waals surface area contributed by atoms with Crippen molar-refractivity contribution in [1.29, 1.82) is 0 Å². The zero-order valence-corrected chi connectivity index (χ0v) is 16.9. The van der Waals surface area contributed by atoms with E-state index < -0.39 is 0 Å². The third-order valence-electron chi connectivity index (χ3n) is 4.08. The number of ether oxygens (including phenoxy) is 3. The quantitative estimate of drug-likeness (QED) is 0.536. The van der Waals surface area contributed by atoms with E-state index in [0.29, 0.717) is 33.0 Å². The first kappa shape index (κ1) is 19.3. The number of carbonyl (C=O) groups is 1. The van der Waals surface area contributed by atoms with Gasteiger partial charge in [-0.15, -0.1) is 0 Å². The molecule has 2 aromatic carbocycles. The Labute approximate surface area is 167 Å². The molecule has 2 aromatic rings. The maximum absolute atomic E-state index is 12.9. The van der Waals surface area contributed by atoms with Gasteiger partial charge in [-0.25, -0.2) is 0 Å². The zero-order chi connectivity index (χ0) is 19.4. The van der Waals surface area contributed by atoms with Crippen LogP contribution in [0.2, 0.25) is 0 Å². The molecule has 1 amide bonds. The monoisotopic (exact) mass is 401 g/mol. The first-order valence-corrected chi connectivity index (χ1v) is 9.39. The summed E-state index contributed by atoms with van der Waals surface area (Å²) in [6.07, 6.45) is 1.77. The molecule has 1 heterocycles. The number of thioether (sulfide) groups is 1. The minimum Gasteiger partial charge on any atom is -0.493 e. The van der Waals surface area contributed by atoms with E-state index >= 15 is 0 Å². The second-order valence-electron chi connectivity index (χ2n) is 5.68. The lowest BCUT2D eigenvalue weighted by Crippen LogP contribution is -2.27. The molecule has 0 N–H and O–H groups in total. The van der Waals surface area contributed by atoms with Crippen LogP contribution in [0.25, 0.3) is 6.08 Å². The van der Waals surface area contributed by atoms with Crippen molar-refractivity contribution in [3.63, 3.8) is 0 Å². The first-order chi connectivity index (χ1) is 13.1. The summed E-state index contributed by atoms with van der Waals surface area (Å²) < 4.78 is 16.7. The Kier molecular flexibility index (Phi) is 6.03. The van der Waals surface area contributed by atoms with Crippen molar-refractivity contribution >= 4 is 40.3 Å². The summed E-state index contributed by atoms with van der Waals surface area (Å²) >= 11 is 6.69. The molecule has 1 fully saturated rings. The first-order valence-electron chi connectivity index (χ1n) is 8.17. The number of thiocarbonyl (C=S) groups is 1. The second kappa shape index (κ2) is 8.45. The summed E-state index contributed by atoms with van der Waals surface area (Å²) in [5.41, 5.74) is 1.74. The third-order valence-corrected chi connectivity index (χ3v) is 5.46. The van der Waals surface area contributed by atoms with E-state index in [2.05, 4.69) is 0 Å². The van der Waals surface area contributed by atoms with Gasteiger partial charge in [-0.1, -0.05) is 54.3 Å². The van der Waals surface area contributed by atoms with Crippen LogP contribution in [-0.2, 0) is 11.3 Å². The van der Waals surface area contributed by atoms with Gasteiger partial charge in [-0.2, -0.15) is 0 Å². The van der Waals surface area contributed by atoms with Crippen LogP contribution in [0.4, 0.5) is 0 Å². The molecule has 3 rings (SSSR count). The molecular formula is C20H19NO4S2. The number of hydrogen-bond acceptors (Lipinski definition) is 6. The van der Waals surface area contributed by atoms with Crippen LogP contribution >= 0.6 is 24.0 Å². The molecule has 1 aliphatic heterocycles. The molecular weight excluding hydrogens is 382 g/mol. The zero-order valence-electron chi connectivity index (χ0n) is 15.2. The van der Waals surface area contributed by atoms with Crippen molar-refractivity contribution < 1.29 is 19.0 Å². The van der Waals surface area contributed by atoms with Gasteiger partial charge in [0.25, 0.3) is 5.91 Å². The molecule has 0 unspecified atom stereocenters. The van der Waals surface area contributed by atoms with Crippen LogP contribution in [-0.4, -0.2) is 36.5 Å². The molecule has 0 aliphatic carbocycles. The van der Waals surface area contributed by atoms with Crippen LogP contribution in [0.3, 0.4) is 0 Å². The lowest BCUT2D eigenvalue weighted by molar-refractivity contribution is -0.122. The van der Waals surface area contributed by atoms with E-state index in [1.807, 2.05) is 36.4 Å². The standard InChI is InChI=1S/C20H19NO4S2/c1-23-15-10-9-14(17(24-2)18(15)25-3)11-16-19(22)21(20(26)27-16)12-13-7-5-4-6-8-13/h4-11H,12H2,1-3H3/b16-11-. The van der Waals surface area contributed by atoms with E-state index in [0.717, 1.165) is 11.1 Å². The fraction of sp³-hybridized carbons (Fsp3) is 0.200. The Hall–Kier alpha value is -2.51. The van der Waals surface area contributed by atoms with Crippen LogP contribution < -0.4 is 14.2 Å². The van der Waals surface area contributed by atoms with Gasteiger partial charge in [0.15, 0.2) is 11.5 Å². The maximum atomic E-state index is 12.9. The summed E-state index contributed by atoms with van der Waals surface area (Å²) in [7, 11) is 4.66. The SMILES string of the molecule is COc1ccc(/C=C2\SC(=S)N(Cc3ccccc3)C2=O)c(OC)c1OC. The van der Waals surface area contributed by atoms with Crippen LogP contribution in [0.15, 0.2) is 47.4 Å². The minimum atomic E-state index is -0.120. The normalized spacial score (nSPS) is 15.4. The highest BCUT2D eigenvalue weighted by Gasteiger charge is 2.32. The van der Waals surface area contributed by atoms with Crippen LogP contribution in [0, 0.1) is 0 Å². The van der Waals surface area contributed by atoms with Gasteiger partial charge < -0.3 is 14.2 Å². The third kappa shape index (κ3) is 3.94. The molecule has 0 aromatic heterocycles. The van der Waals surface area contributed by atoms with Crippen LogP contribution in [0.1, 0.15) is 11.1 Å². The van der Waals surface area contributed by atoms with Gasteiger partial charge in [-0.05, 0) is 23.8 Å². The molecule has 0 bridgehead atoms. The number of nitrogens with zero attached hydrogens (tertiary/aromatic N) is 1. The number of hydrogen-bond donors (Lipinski definition) is 0. The highest BCUT2D eigenvalue weighted by molar-refractivity contribution is 8.26. The number of amides is 1. The van der Waals surface area contributed by atoms with Gasteiger partial charge in [0.1, 0.15) is 4.32 Å². The summed E-state index contributed by atoms with van der Waals surface area (Å²) in [5, 5.41) is 0. The number of carbonyl (C=O) groups excluding carboxylic acids is 1. The summed E-state index contributed by atoms with van der Waals surface area (Å²) in [6.45, 7) is 0.450. The number of methoxy groups -OCH3 is 3. The van der Waals surface area contributed by atoms with E-state index in [-0.39, 0.29) is 5.91 Å². The molecule has 0 radical (unpaired) electrons. The van der Waals surface area contributed by atoms with E-state index in [1.165, 1.54) is 11.8 Å². The highest BCUT2D eigenvalue weighted by Crippen LogP contribution is 2.42. The predicted octanol–water partition coefficient (Wildman–Crippen LogP) is 4.11. The Bertz CT molecular complexity index is 896. The number of benzene rings is 2. The summed E-state index contributed by atoms with van der Waals surface area (Å²) in [5.74, 6) is 1.42. The maximum Gasteiger partial charge on any atom is 0.266 e. The molecule has 0 spiro atoms. The van der Waals surface area contributed by atoms with Gasteiger partial charge >= 0.3 is 0 Å². The fourth-order valence-corrected chi connectivity index (χ4v) is 4.03. The van der Waals surface area contributed by atoms with Gasteiger partial charge in [-0.3, -0.25) is 9.69 Å².